The van der Waals surface area contributed by atoms with Gasteiger partial charge in [-0.3, -0.25) is 9.35 Å². The first kappa shape index (κ1) is 23.4. The number of ether oxygens (including phenoxy) is 1. The highest BCUT2D eigenvalue weighted by atomic mass is 32.2. The largest absolute Gasteiger partial charge is 0.465 e. The predicted molar refractivity (Wildman–Crippen MR) is 105 cm³/mol. The number of rotatable bonds is 13. The Hall–Kier alpha value is -0.620. The first-order valence-electron chi connectivity index (χ1n) is 10.5. The molecule has 1 rings (SSSR count). The summed E-state index contributed by atoms with van der Waals surface area (Å²) in [6, 6.07) is 0. The fourth-order valence-electron chi connectivity index (χ4n) is 3.99. The van der Waals surface area contributed by atoms with Gasteiger partial charge in [0.1, 0.15) is 0 Å². The number of hydrogen-bond donors (Lipinski definition) is 1. The zero-order valence-corrected chi connectivity index (χ0v) is 17.4. The van der Waals surface area contributed by atoms with Crippen molar-refractivity contribution < 1.29 is 22.5 Å². The van der Waals surface area contributed by atoms with E-state index in [-0.39, 0.29) is 18.3 Å². The van der Waals surface area contributed by atoms with Gasteiger partial charge in [0.25, 0.3) is 10.1 Å². The molecule has 1 aliphatic rings. The molecule has 0 amide bonds. The average Bonchev–Trinajstić information content (AvgIpc) is 2.59. The Morgan fingerprint density at radius 2 is 1.58 bits per heavy atom. The van der Waals surface area contributed by atoms with Gasteiger partial charge >= 0.3 is 5.97 Å². The molecule has 0 bridgehead atoms. The fraction of sp³-hybridized carbons (Fsp3) is 0.950. The summed E-state index contributed by atoms with van der Waals surface area (Å²) >= 11 is 0. The van der Waals surface area contributed by atoms with Gasteiger partial charge in [-0.15, -0.1) is 0 Å². The molecule has 0 aromatic rings. The standard InChI is InChI=1S/C20H38O5S/c1-3-5-6-7-8-9-10-11-15-25-20(21)19-16-18(26(22,23)24)14-13-17(19)12-4-2/h17-19H,3-16H2,1-2H3,(H,22,23,24). The molecule has 1 fully saturated rings. The molecule has 0 radical (unpaired) electrons. The molecule has 0 spiro atoms. The zero-order valence-electron chi connectivity index (χ0n) is 16.6. The smallest absolute Gasteiger partial charge is 0.309 e. The van der Waals surface area contributed by atoms with Crippen molar-refractivity contribution in [3.63, 3.8) is 0 Å². The van der Waals surface area contributed by atoms with Gasteiger partial charge in [0.15, 0.2) is 0 Å². The highest BCUT2D eigenvalue weighted by Gasteiger charge is 2.40. The summed E-state index contributed by atoms with van der Waals surface area (Å²) < 4.78 is 37.7. The van der Waals surface area contributed by atoms with E-state index in [0.29, 0.717) is 19.4 Å². The molecule has 5 nitrogen and oxygen atoms in total. The number of carbonyl (C=O) groups excluding carboxylic acids is 1. The van der Waals surface area contributed by atoms with Crippen molar-refractivity contribution in [3.05, 3.63) is 0 Å². The van der Waals surface area contributed by atoms with E-state index in [4.69, 9.17) is 4.74 Å². The summed E-state index contributed by atoms with van der Waals surface area (Å²) in [7, 11) is -4.08. The molecule has 6 heteroatoms. The average molecular weight is 391 g/mol. The highest BCUT2D eigenvalue weighted by molar-refractivity contribution is 7.86. The maximum Gasteiger partial charge on any atom is 0.309 e. The van der Waals surface area contributed by atoms with E-state index >= 15 is 0 Å². The lowest BCUT2D eigenvalue weighted by Crippen LogP contribution is -2.37. The third kappa shape index (κ3) is 8.85. The van der Waals surface area contributed by atoms with Gasteiger partial charge in [0.2, 0.25) is 0 Å². The quantitative estimate of drug-likeness (QED) is 0.267. The Balaban J connectivity index is 2.32. The number of esters is 1. The van der Waals surface area contributed by atoms with Crippen LogP contribution in [0.4, 0.5) is 0 Å². The lowest BCUT2D eigenvalue weighted by Gasteiger charge is -2.33. The lowest BCUT2D eigenvalue weighted by molar-refractivity contribution is -0.152. The van der Waals surface area contributed by atoms with Crippen LogP contribution in [-0.4, -0.2) is 30.8 Å². The molecule has 3 unspecified atom stereocenters. The minimum Gasteiger partial charge on any atom is -0.465 e. The van der Waals surface area contributed by atoms with Gasteiger partial charge in [-0.25, -0.2) is 0 Å². The summed E-state index contributed by atoms with van der Waals surface area (Å²) in [5.74, 6) is -0.506. The minimum absolute atomic E-state index is 0.170. The number of carbonyl (C=O) groups is 1. The predicted octanol–water partition coefficient (Wildman–Crippen LogP) is 5.14. The van der Waals surface area contributed by atoms with Crippen LogP contribution in [-0.2, 0) is 19.6 Å². The summed E-state index contributed by atoms with van der Waals surface area (Å²) in [5.41, 5.74) is 0. The van der Waals surface area contributed by atoms with E-state index in [2.05, 4.69) is 13.8 Å². The van der Waals surface area contributed by atoms with E-state index in [0.717, 1.165) is 25.7 Å². The normalized spacial score (nSPS) is 23.7. The van der Waals surface area contributed by atoms with Crippen LogP contribution in [0.5, 0.6) is 0 Å². The Kier molecular flexibility index (Phi) is 11.4. The van der Waals surface area contributed by atoms with Crippen molar-refractivity contribution in [3.8, 4) is 0 Å². The molecule has 0 saturated heterocycles. The van der Waals surface area contributed by atoms with Gasteiger partial charge in [-0.2, -0.15) is 8.42 Å². The van der Waals surface area contributed by atoms with Crippen molar-refractivity contribution in [1.82, 2.24) is 0 Å². The monoisotopic (exact) mass is 390 g/mol. The Morgan fingerprint density at radius 1 is 0.962 bits per heavy atom. The van der Waals surface area contributed by atoms with Gasteiger partial charge in [0.05, 0.1) is 17.8 Å². The first-order chi connectivity index (χ1) is 12.4. The summed E-state index contributed by atoms with van der Waals surface area (Å²) in [5, 5.41) is -0.823. The van der Waals surface area contributed by atoms with Gasteiger partial charge in [-0.1, -0.05) is 65.2 Å². The van der Waals surface area contributed by atoms with Crippen molar-refractivity contribution in [2.45, 2.75) is 103 Å². The lowest BCUT2D eigenvalue weighted by atomic mass is 9.77. The second-order valence-corrected chi connectivity index (χ2v) is 9.44. The SMILES string of the molecule is CCCCCCCCCCOC(=O)C1CC(S(=O)(=O)O)CCC1CCC. The summed E-state index contributed by atoms with van der Waals surface area (Å²) in [4.78, 5) is 12.5. The van der Waals surface area contributed by atoms with Crippen LogP contribution >= 0.6 is 0 Å². The fourth-order valence-corrected chi connectivity index (χ4v) is 4.87. The van der Waals surface area contributed by atoms with E-state index in [1.165, 1.54) is 38.5 Å². The van der Waals surface area contributed by atoms with E-state index in [1.807, 2.05) is 0 Å². The van der Waals surface area contributed by atoms with Crippen molar-refractivity contribution >= 4 is 16.1 Å². The Bertz CT molecular complexity index is 488. The molecule has 1 N–H and O–H groups in total. The summed E-state index contributed by atoms with van der Waals surface area (Å²) in [6.45, 7) is 4.70. The number of hydrogen-bond acceptors (Lipinski definition) is 4. The molecule has 3 atom stereocenters. The van der Waals surface area contributed by atoms with Crippen LogP contribution in [0.15, 0.2) is 0 Å². The first-order valence-corrected chi connectivity index (χ1v) is 12.0. The molecule has 26 heavy (non-hydrogen) atoms. The minimum atomic E-state index is -4.08. The van der Waals surface area contributed by atoms with Crippen molar-refractivity contribution in [2.24, 2.45) is 11.8 Å². The summed E-state index contributed by atoms with van der Waals surface area (Å²) in [6.07, 6.45) is 12.7. The van der Waals surface area contributed by atoms with Crippen LogP contribution in [0.2, 0.25) is 0 Å². The van der Waals surface area contributed by atoms with Crippen LogP contribution < -0.4 is 0 Å². The molecule has 1 saturated carbocycles. The van der Waals surface area contributed by atoms with E-state index in [1.54, 1.807) is 0 Å². The molecular formula is C20H38O5S. The topological polar surface area (TPSA) is 80.7 Å². The highest BCUT2D eigenvalue weighted by Crippen LogP contribution is 2.36. The Labute approximate surface area is 160 Å². The maximum atomic E-state index is 12.5. The number of unbranched alkanes of at least 4 members (excludes halogenated alkanes) is 7. The van der Waals surface area contributed by atoms with Gasteiger partial charge in [0, 0.05) is 0 Å². The van der Waals surface area contributed by atoms with Gasteiger partial charge in [-0.05, 0) is 38.0 Å². The molecule has 0 heterocycles. The van der Waals surface area contributed by atoms with E-state index in [9.17, 15) is 17.8 Å². The molecule has 0 aliphatic heterocycles. The van der Waals surface area contributed by atoms with Crippen molar-refractivity contribution in [1.29, 1.82) is 0 Å². The second kappa shape index (κ2) is 12.7. The molecular weight excluding hydrogens is 352 g/mol. The van der Waals surface area contributed by atoms with Crippen LogP contribution in [0.1, 0.15) is 97.3 Å². The third-order valence-corrected chi connectivity index (χ3v) is 6.84. The second-order valence-electron chi connectivity index (χ2n) is 7.75. The third-order valence-electron chi connectivity index (χ3n) is 5.57. The van der Waals surface area contributed by atoms with Gasteiger partial charge < -0.3 is 4.74 Å². The van der Waals surface area contributed by atoms with Crippen LogP contribution in [0.3, 0.4) is 0 Å². The molecule has 0 aromatic carbocycles. The van der Waals surface area contributed by atoms with Crippen LogP contribution in [0, 0.1) is 11.8 Å². The molecule has 1 aliphatic carbocycles. The molecule has 154 valence electrons. The molecule has 0 aromatic heterocycles. The Morgan fingerprint density at radius 3 is 2.15 bits per heavy atom. The van der Waals surface area contributed by atoms with E-state index < -0.39 is 21.3 Å². The maximum absolute atomic E-state index is 12.5. The van der Waals surface area contributed by atoms with Crippen LogP contribution in [0.25, 0.3) is 0 Å². The zero-order chi connectivity index (χ0) is 19.4. The van der Waals surface area contributed by atoms with Crippen molar-refractivity contribution in [2.75, 3.05) is 6.61 Å².